The normalized spacial score (nSPS) is 15.7. The fourth-order valence-electron chi connectivity index (χ4n) is 2.74. The molecule has 0 N–H and O–H groups in total. The van der Waals surface area contributed by atoms with Crippen molar-refractivity contribution in [1.29, 1.82) is 0 Å². The van der Waals surface area contributed by atoms with Crippen molar-refractivity contribution in [1.82, 2.24) is 20.0 Å². The number of halogens is 2. The van der Waals surface area contributed by atoms with E-state index in [0.717, 1.165) is 40.7 Å². The molecule has 0 bridgehead atoms. The highest BCUT2D eigenvalue weighted by atomic mass is 79.9. The van der Waals surface area contributed by atoms with E-state index in [1.807, 2.05) is 24.3 Å². The molecule has 3 aromatic rings. The summed E-state index contributed by atoms with van der Waals surface area (Å²) in [6.45, 7) is 4.33. The van der Waals surface area contributed by atoms with Crippen molar-refractivity contribution in [3.8, 4) is 10.7 Å². The Morgan fingerprint density at radius 1 is 1.16 bits per heavy atom. The molecule has 4 rings (SSSR count). The van der Waals surface area contributed by atoms with E-state index in [1.54, 1.807) is 17.5 Å². The Hall–Kier alpha value is -1.48. The van der Waals surface area contributed by atoms with E-state index in [-0.39, 0.29) is 0 Å². The lowest BCUT2D eigenvalue weighted by Crippen LogP contribution is -2.46. The molecule has 9 heteroatoms. The first-order valence-electron chi connectivity index (χ1n) is 7.84. The maximum absolute atomic E-state index is 5.90. The molecule has 25 heavy (non-hydrogen) atoms. The van der Waals surface area contributed by atoms with Crippen LogP contribution in [0, 0.1) is 0 Å². The van der Waals surface area contributed by atoms with Crippen LogP contribution in [0.1, 0.15) is 5.89 Å². The van der Waals surface area contributed by atoms with Gasteiger partial charge in [-0.05, 0) is 40.2 Å². The molecule has 1 fully saturated rings. The molecule has 0 atom stereocenters. The highest BCUT2D eigenvalue weighted by molar-refractivity contribution is 9.11. The highest BCUT2D eigenvalue weighted by Crippen LogP contribution is 2.29. The average Bonchev–Trinajstić information content (AvgIpc) is 3.25. The van der Waals surface area contributed by atoms with Crippen molar-refractivity contribution < 1.29 is 4.52 Å². The van der Waals surface area contributed by atoms with Gasteiger partial charge in [0.25, 0.3) is 0 Å². The summed E-state index contributed by atoms with van der Waals surface area (Å²) in [7, 11) is 0. The average molecular weight is 441 g/mol. The van der Waals surface area contributed by atoms with E-state index < -0.39 is 0 Å². The van der Waals surface area contributed by atoms with Crippen molar-refractivity contribution in [2.75, 3.05) is 31.1 Å². The van der Waals surface area contributed by atoms with Gasteiger partial charge in [-0.25, -0.2) is 4.98 Å². The predicted molar refractivity (Wildman–Crippen MR) is 102 cm³/mol. The molecule has 3 aromatic heterocycles. The first kappa shape index (κ1) is 17.0. The maximum Gasteiger partial charge on any atom is 0.241 e. The number of hydrogen-bond donors (Lipinski definition) is 0. The van der Waals surface area contributed by atoms with Crippen LogP contribution in [0.4, 0.5) is 5.82 Å². The summed E-state index contributed by atoms with van der Waals surface area (Å²) in [5, 5.41) is 4.74. The SMILES string of the molecule is Clc1ccc(N2CCN(Cc3nc(-c4ccc(Br)s4)no3)CC2)nc1. The first-order chi connectivity index (χ1) is 12.2. The third-order valence-corrected chi connectivity index (χ3v) is 5.87. The Morgan fingerprint density at radius 3 is 2.68 bits per heavy atom. The molecule has 1 saturated heterocycles. The minimum Gasteiger partial charge on any atom is -0.354 e. The zero-order valence-electron chi connectivity index (χ0n) is 13.2. The number of pyridine rings is 1. The molecule has 0 aromatic carbocycles. The topological polar surface area (TPSA) is 58.3 Å². The van der Waals surface area contributed by atoms with E-state index in [2.05, 4.69) is 40.9 Å². The fraction of sp³-hybridized carbons (Fsp3) is 0.312. The largest absolute Gasteiger partial charge is 0.354 e. The van der Waals surface area contributed by atoms with Crippen molar-refractivity contribution in [2.24, 2.45) is 0 Å². The van der Waals surface area contributed by atoms with Crippen LogP contribution in [-0.4, -0.2) is 46.2 Å². The summed E-state index contributed by atoms with van der Waals surface area (Å²) in [6, 6.07) is 7.81. The predicted octanol–water partition coefficient (Wildman–Crippen LogP) is 3.93. The van der Waals surface area contributed by atoms with Gasteiger partial charge in [-0.3, -0.25) is 4.90 Å². The molecule has 0 spiro atoms. The molecular formula is C16H15BrClN5OS. The number of piperazine rings is 1. The summed E-state index contributed by atoms with van der Waals surface area (Å²) in [4.78, 5) is 14.5. The Kier molecular flexibility index (Phi) is 5.03. The lowest BCUT2D eigenvalue weighted by molar-refractivity contribution is 0.215. The van der Waals surface area contributed by atoms with Crippen molar-refractivity contribution in [3.05, 3.63) is 45.2 Å². The summed E-state index contributed by atoms with van der Waals surface area (Å²) >= 11 is 10.9. The van der Waals surface area contributed by atoms with Gasteiger partial charge in [0, 0.05) is 32.4 Å². The van der Waals surface area contributed by atoms with Crippen LogP contribution in [0.2, 0.25) is 5.02 Å². The van der Waals surface area contributed by atoms with Gasteiger partial charge in [0.15, 0.2) is 0 Å². The van der Waals surface area contributed by atoms with Crippen LogP contribution in [0.25, 0.3) is 10.7 Å². The quantitative estimate of drug-likeness (QED) is 0.613. The van der Waals surface area contributed by atoms with Gasteiger partial charge in [-0.1, -0.05) is 16.8 Å². The molecule has 0 aliphatic carbocycles. The molecule has 0 radical (unpaired) electrons. The van der Waals surface area contributed by atoms with Crippen LogP contribution in [0.5, 0.6) is 0 Å². The minimum atomic E-state index is 0.648. The summed E-state index contributed by atoms with van der Waals surface area (Å²) in [5.41, 5.74) is 0. The number of thiophene rings is 1. The van der Waals surface area contributed by atoms with E-state index in [4.69, 9.17) is 16.1 Å². The van der Waals surface area contributed by atoms with Gasteiger partial charge in [0.2, 0.25) is 11.7 Å². The van der Waals surface area contributed by atoms with Gasteiger partial charge in [-0.2, -0.15) is 4.98 Å². The molecular weight excluding hydrogens is 426 g/mol. The number of aromatic nitrogens is 3. The summed E-state index contributed by atoms with van der Waals surface area (Å²) < 4.78 is 6.46. The monoisotopic (exact) mass is 439 g/mol. The van der Waals surface area contributed by atoms with Crippen LogP contribution in [-0.2, 0) is 6.54 Å². The number of nitrogens with zero attached hydrogens (tertiary/aromatic N) is 5. The Balaban J connectivity index is 1.34. The Labute approximate surface area is 162 Å². The van der Waals surface area contributed by atoms with Gasteiger partial charge in [-0.15, -0.1) is 11.3 Å². The van der Waals surface area contributed by atoms with Crippen LogP contribution in [0.3, 0.4) is 0 Å². The zero-order valence-corrected chi connectivity index (χ0v) is 16.4. The van der Waals surface area contributed by atoms with E-state index in [0.29, 0.717) is 23.3 Å². The summed E-state index contributed by atoms with van der Waals surface area (Å²) in [6.07, 6.45) is 1.69. The fourth-order valence-corrected chi connectivity index (χ4v) is 4.16. The van der Waals surface area contributed by atoms with Crippen molar-refractivity contribution >= 4 is 44.7 Å². The van der Waals surface area contributed by atoms with Crippen LogP contribution >= 0.6 is 38.9 Å². The lowest BCUT2D eigenvalue weighted by Gasteiger charge is -2.34. The van der Waals surface area contributed by atoms with E-state index in [9.17, 15) is 0 Å². The molecule has 6 nitrogen and oxygen atoms in total. The van der Waals surface area contributed by atoms with Crippen molar-refractivity contribution in [3.63, 3.8) is 0 Å². The van der Waals surface area contributed by atoms with E-state index in [1.165, 1.54) is 0 Å². The first-order valence-corrected chi connectivity index (χ1v) is 9.83. The van der Waals surface area contributed by atoms with E-state index >= 15 is 0 Å². The second kappa shape index (κ2) is 7.41. The third-order valence-electron chi connectivity index (χ3n) is 4.03. The zero-order chi connectivity index (χ0) is 17.2. The number of hydrogen-bond acceptors (Lipinski definition) is 7. The Morgan fingerprint density at radius 2 is 2.00 bits per heavy atom. The van der Waals surface area contributed by atoms with Crippen LogP contribution < -0.4 is 4.90 Å². The minimum absolute atomic E-state index is 0.648. The standard InChI is InChI=1S/C16H15BrClN5OS/c17-13-3-2-12(25-13)16-20-15(24-21-16)10-22-5-7-23(8-6-22)14-4-1-11(18)9-19-14/h1-4,9H,5-8,10H2. The molecule has 0 saturated carbocycles. The van der Waals surface area contributed by atoms with Gasteiger partial charge >= 0.3 is 0 Å². The summed E-state index contributed by atoms with van der Waals surface area (Å²) in [5.74, 6) is 2.26. The second-order valence-corrected chi connectivity index (χ2v) is 8.61. The van der Waals surface area contributed by atoms with Gasteiger partial charge < -0.3 is 9.42 Å². The molecule has 1 aliphatic heterocycles. The number of rotatable bonds is 4. The third kappa shape index (κ3) is 4.03. The molecule has 4 heterocycles. The van der Waals surface area contributed by atoms with Crippen molar-refractivity contribution in [2.45, 2.75) is 6.54 Å². The highest BCUT2D eigenvalue weighted by Gasteiger charge is 2.20. The molecule has 0 amide bonds. The Bertz CT molecular complexity index is 844. The number of anilines is 1. The second-order valence-electron chi connectivity index (χ2n) is 5.71. The molecule has 1 aliphatic rings. The van der Waals surface area contributed by atoms with Gasteiger partial charge in [0.1, 0.15) is 5.82 Å². The maximum atomic E-state index is 5.90. The smallest absolute Gasteiger partial charge is 0.241 e. The molecule has 0 unspecified atom stereocenters. The van der Waals surface area contributed by atoms with Crippen LogP contribution in [0.15, 0.2) is 38.8 Å². The lowest BCUT2D eigenvalue weighted by atomic mass is 10.3. The molecule has 130 valence electrons. The van der Waals surface area contributed by atoms with Gasteiger partial charge in [0.05, 0.1) is 20.2 Å².